The predicted molar refractivity (Wildman–Crippen MR) is 88.6 cm³/mol. The van der Waals surface area contributed by atoms with Crippen molar-refractivity contribution in [2.24, 2.45) is 0 Å². The van der Waals surface area contributed by atoms with Crippen LogP contribution < -0.4 is 0 Å². The van der Waals surface area contributed by atoms with E-state index in [2.05, 4.69) is 48.5 Å². The van der Waals surface area contributed by atoms with Gasteiger partial charge in [-0.05, 0) is 40.8 Å². The maximum absolute atomic E-state index is 6.18. The quantitative estimate of drug-likeness (QED) is 0.466. The third kappa shape index (κ3) is 3.58. The third-order valence-corrected chi connectivity index (χ3v) is 4.88. The van der Waals surface area contributed by atoms with Gasteiger partial charge in [-0.1, -0.05) is 39.1 Å². The second-order valence-corrected chi connectivity index (χ2v) is 6.42. The van der Waals surface area contributed by atoms with Crippen LogP contribution in [0.5, 0.6) is 0 Å². The molecular formula is C12H8BrCl2IN2O. The fourth-order valence-corrected chi connectivity index (χ4v) is 2.63. The van der Waals surface area contributed by atoms with Crippen molar-refractivity contribution < 1.29 is 4.74 Å². The van der Waals surface area contributed by atoms with Crippen LogP contribution in [0.4, 0.5) is 0 Å². The monoisotopic (exact) mass is 472 g/mol. The summed E-state index contributed by atoms with van der Waals surface area (Å²) in [6.07, 6.45) is 0. The van der Waals surface area contributed by atoms with Crippen LogP contribution in [0.15, 0.2) is 22.7 Å². The maximum atomic E-state index is 6.18. The molecule has 0 amide bonds. The second-order valence-electron chi connectivity index (χ2n) is 3.66. The van der Waals surface area contributed by atoms with Crippen molar-refractivity contribution in [1.82, 2.24) is 9.97 Å². The van der Waals surface area contributed by atoms with Crippen molar-refractivity contribution in [3.63, 3.8) is 0 Å². The minimum absolute atomic E-state index is 0.374. The number of ether oxygens (including phenoxy) is 1. The number of benzene rings is 1. The van der Waals surface area contributed by atoms with E-state index in [9.17, 15) is 0 Å². The molecule has 2 rings (SSSR count). The molecule has 0 aliphatic heterocycles. The molecule has 0 spiro atoms. The number of aromatic nitrogens is 2. The predicted octanol–water partition coefficient (Wildman–Crippen LogP) is 4.96. The number of nitrogens with zero attached hydrogens (tertiary/aromatic N) is 2. The molecule has 100 valence electrons. The Morgan fingerprint density at radius 2 is 2.05 bits per heavy atom. The van der Waals surface area contributed by atoms with Gasteiger partial charge < -0.3 is 4.74 Å². The molecular weight excluding hydrogens is 466 g/mol. The maximum Gasteiger partial charge on any atom is 0.162 e. The van der Waals surface area contributed by atoms with Gasteiger partial charge in [0.15, 0.2) is 5.82 Å². The molecule has 0 atom stereocenters. The number of hydrogen-bond acceptors (Lipinski definition) is 3. The molecule has 19 heavy (non-hydrogen) atoms. The summed E-state index contributed by atoms with van der Waals surface area (Å²) in [6.45, 7) is 0.374. The molecule has 3 nitrogen and oxygen atoms in total. The molecule has 1 aromatic heterocycles. The molecule has 0 radical (unpaired) electrons. The first-order valence-electron chi connectivity index (χ1n) is 5.19. The normalized spacial score (nSPS) is 10.8. The molecule has 1 heterocycles. The van der Waals surface area contributed by atoms with E-state index in [1.54, 1.807) is 13.2 Å². The van der Waals surface area contributed by atoms with Gasteiger partial charge in [-0.15, -0.1) is 0 Å². The number of rotatable bonds is 3. The van der Waals surface area contributed by atoms with Gasteiger partial charge in [0, 0.05) is 17.1 Å². The molecule has 2 aromatic rings. The summed E-state index contributed by atoms with van der Waals surface area (Å²) in [4.78, 5) is 8.74. The molecule has 0 saturated carbocycles. The van der Waals surface area contributed by atoms with E-state index < -0.39 is 0 Å². The van der Waals surface area contributed by atoms with Crippen LogP contribution >= 0.6 is 61.7 Å². The minimum Gasteiger partial charge on any atom is -0.378 e. The van der Waals surface area contributed by atoms with Crippen LogP contribution in [0.1, 0.15) is 5.69 Å². The molecule has 1 aromatic carbocycles. The third-order valence-electron chi connectivity index (χ3n) is 2.33. The zero-order valence-electron chi connectivity index (χ0n) is 9.75. The average Bonchev–Trinajstić information content (AvgIpc) is 2.38. The van der Waals surface area contributed by atoms with Gasteiger partial charge in [-0.25, -0.2) is 9.97 Å². The fraction of sp³-hybridized carbons (Fsp3) is 0.167. The lowest BCUT2D eigenvalue weighted by atomic mass is 10.2. The lowest BCUT2D eigenvalue weighted by molar-refractivity contribution is 0.181. The smallest absolute Gasteiger partial charge is 0.162 e. The topological polar surface area (TPSA) is 35.0 Å². The Bertz CT molecular complexity index is 625. The van der Waals surface area contributed by atoms with E-state index in [0.29, 0.717) is 22.6 Å². The minimum atomic E-state index is 0.374. The zero-order chi connectivity index (χ0) is 14.0. The van der Waals surface area contributed by atoms with Crippen LogP contribution in [0, 0.1) is 3.57 Å². The Balaban J connectivity index is 2.59. The molecule has 0 saturated heterocycles. The summed E-state index contributed by atoms with van der Waals surface area (Å²) >= 11 is 17.8. The zero-order valence-corrected chi connectivity index (χ0v) is 15.0. The van der Waals surface area contributed by atoms with Crippen LogP contribution in [-0.4, -0.2) is 17.1 Å². The lowest BCUT2D eigenvalue weighted by Gasteiger charge is -2.09. The first-order chi connectivity index (χ1) is 9.02. The van der Waals surface area contributed by atoms with Crippen molar-refractivity contribution in [3.8, 4) is 11.4 Å². The second kappa shape index (κ2) is 6.67. The van der Waals surface area contributed by atoms with Gasteiger partial charge >= 0.3 is 0 Å². The van der Waals surface area contributed by atoms with E-state index in [-0.39, 0.29) is 0 Å². The van der Waals surface area contributed by atoms with Gasteiger partial charge in [0.05, 0.1) is 20.9 Å². The first-order valence-corrected chi connectivity index (χ1v) is 7.82. The first kappa shape index (κ1) is 15.4. The van der Waals surface area contributed by atoms with Gasteiger partial charge in [-0.2, -0.15) is 0 Å². The number of hydrogen-bond donors (Lipinski definition) is 0. The molecule has 0 unspecified atom stereocenters. The SMILES string of the molecule is COCc1nc(-c2cc(Br)ccc2Cl)nc(Cl)c1I. The number of methoxy groups -OCH3 is 1. The van der Waals surface area contributed by atoms with Crippen LogP contribution in [0.25, 0.3) is 11.4 Å². The highest BCUT2D eigenvalue weighted by atomic mass is 127. The lowest BCUT2D eigenvalue weighted by Crippen LogP contribution is -2.02. The van der Waals surface area contributed by atoms with Gasteiger partial charge in [-0.3, -0.25) is 0 Å². The summed E-state index contributed by atoms with van der Waals surface area (Å²) in [7, 11) is 1.61. The van der Waals surface area contributed by atoms with Crippen LogP contribution in [0.3, 0.4) is 0 Å². The van der Waals surface area contributed by atoms with Crippen molar-refractivity contribution in [1.29, 1.82) is 0 Å². The van der Waals surface area contributed by atoms with Gasteiger partial charge in [0.2, 0.25) is 0 Å². The Labute approximate surface area is 143 Å². The van der Waals surface area contributed by atoms with Crippen LogP contribution in [-0.2, 0) is 11.3 Å². The Morgan fingerprint density at radius 1 is 1.32 bits per heavy atom. The van der Waals surface area contributed by atoms with E-state index in [4.69, 9.17) is 27.9 Å². The summed E-state index contributed by atoms with van der Waals surface area (Å²) in [6, 6.07) is 5.50. The Hall–Kier alpha value is 0.0500. The highest BCUT2D eigenvalue weighted by Crippen LogP contribution is 2.31. The van der Waals surface area contributed by atoms with Gasteiger partial charge in [0.1, 0.15) is 5.15 Å². The Kier molecular flexibility index (Phi) is 5.42. The van der Waals surface area contributed by atoms with Gasteiger partial charge in [0.25, 0.3) is 0 Å². The molecule has 0 fully saturated rings. The molecule has 0 bridgehead atoms. The van der Waals surface area contributed by atoms with E-state index in [1.165, 1.54) is 0 Å². The van der Waals surface area contributed by atoms with Crippen LogP contribution in [0.2, 0.25) is 10.2 Å². The van der Waals surface area contributed by atoms with E-state index >= 15 is 0 Å². The van der Waals surface area contributed by atoms with Crippen molar-refractivity contribution in [2.75, 3.05) is 7.11 Å². The molecule has 0 aliphatic rings. The van der Waals surface area contributed by atoms with E-state index in [0.717, 1.165) is 19.3 Å². The fourth-order valence-electron chi connectivity index (χ4n) is 1.48. The van der Waals surface area contributed by atoms with E-state index in [1.807, 2.05) is 12.1 Å². The highest BCUT2D eigenvalue weighted by molar-refractivity contribution is 14.1. The average molecular weight is 474 g/mol. The Morgan fingerprint density at radius 3 is 2.74 bits per heavy atom. The summed E-state index contributed by atoms with van der Waals surface area (Å²) in [5.74, 6) is 0.490. The summed E-state index contributed by atoms with van der Waals surface area (Å²) < 4.78 is 6.80. The standard InChI is InChI=1S/C12H8BrCl2IN2O/c1-19-5-9-10(16)11(15)18-12(17-9)7-4-6(13)2-3-8(7)14/h2-4H,5H2,1H3. The summed E-state index contributed by atoms with van der Waals surface area (Å²) in [5.41, 5.74) is 1.47. The largest absolute Gasteiger partial charge is 0.378 e. The van der Waals surface area contributed by atoms with Crippen molar-refractivity contribution in [3.05, 3.63) is 42.1 Å². The van der Waals surface area contributed by atoms with Crippen molar-refractivity contribution in [2.45, 2.75) is 6.61 Å². The van der Waals surface area contributed by atoms with Crippen molar-refractivity contribution >= 4 is 61.7 Å². The summed E-state index contributed by atoms with van der Waals surface area (Å²) in [5, 5.41) is 0.970. The molecule has 0 N–H and O–H groups in total. The number of halogens is 4. The molecule has 0 aliphatic carbocycles. The highest BCUT2D eigenvalue weighted by Gasteiger charge is 2.14. The molecule has 7 heteroatoms.